The lowest BCUT2D eigenvalue weighted by atomic mass is 10.0. The van der Waals surface area contributed by atoms with Gasteiger partial charge in [0, 0.05) is 37.0 Å². The summed E-state index contributed by atoms with van der Waals surface area (Å²) in [4.78, 5) is 16.2. The molecule has 2 aromatic rings. The average Bonchev–Trinajstić information content (AvgIpc) is 2.56. The van der Waals surface area contributed by atoms with Crippen molar-refractivity contribution in [2.24, 2.45) is 7.05 Å². The average molecular weight is 264 g/mol. The molecule has 0 aliphatic rings. The minimum atomic E-state index is 0.00389. The largest absolute Gasteiger partial charge is 0.294 e. The summed E-state index contributed by atoms with van der Waals surface area (Å²) >= 11 is 6.11. The van der Waals surface area contributed by atoms with Gasteiger partial charge in [-0.25, -0.2) is 0 Å². The number of pyridine rings is 1. The van der Waals surface area contributed by atoms with E-state index in [1.54, 1.807) is 24.1 Å². The summed E-state index contributed by atoms with van der Waals surface area (Å²) in [6, 6.07) is 1.83. The van der Waals surface area contributed by atoms with Gasteiger partial charge in [0.2, 0.25) is 0 Å². The standard InChI is InChI=1S/C13H14ClN3O/c1-8-4-10(7-15-6-8)12(18)5-11-9(2)16-17(3)13(11)14/h4,6-7H,5H2,1-3H3. The fourth-order valence-corrected chi connectivity index (χ4v) is 2.09. The predicted molar refractivity (Wildman–Crippen MR) is 70.0 cm³/mol. The first-order chi connectivity index (χ1) is 8.49. The van der Waals surface area contributed by atoms with Crippen LogP contribution in [0.1, 0.15) is 27.2 Å². The number of ketones is 1. The van der Waals surface area contributed by atoms with Gasteiger partial charge in [-0.15, -0.1) is 0 Å². The number of rotatable bonds is 3. The molecule has 0 aromatic carbocycles. The van der Waals surface area contributed by atoms with Crippen molar-refractivity contribution in [3.8, 4) is 0 Å². The second kappa shape index (κ2) is 4.90. The molecule has 0 saturated heterocycles. The second-order valence-corrected chi connectivity index (χ2v) is 4.69. The Kier molecular flexibility index (Phi) is 3.48. The molecule has 0 aliphatic carbocycles. The Hall–Kier alpha value is -1.68. The van der Waals surface area contributed by atoms with Crippen molar-refractivity contribution in [1.82, 2.24) is 14.8 Å². The third kappa shape index (κ3) is 2.43. The van der Waals surface area contributed by atoms with E-state index in [0.29, 0.717) is 10.7 Å². The van der Waals surface area contributed by atoms with E-state index in [1.807, 2.05) is 19.9 Å². The summed E-state index contributed by atoms with van der Waals surface area (Å²) in [7, 11) is 1.76. The summed E-state index contributed by atoms with van der Waals surface area (Å²) in [5.74, 6) is 0.00389. The lowest BCUT2D eigenvalue weighted by Crippen LogP contribution is -2.05. The Morgan fingerprint density at radius 1 is 1.39 bits per heavy atom. The van der Waals surface area contributed by atoms with Crippen molar-refractivity contribution in [1.29, 1.82) is 0 Å². The molecular weight excluding hydrogens is 250 g/mol. The molecule has 0 aliphatic heterocycles. The number of Topliss-reactive ketones (excluding diaryl/α,β-unsaturated/α-hetero) is 1. The minimum Gasteiger partial charge on any atom is -0.294 e. The smallest absolute Gasteiger partial charge is 0.168 e. The number of halogens is 1. The topological polar surface area (TPSA) is 47.8 Å². The van der Waals surface area contributed by atoms with Crippen LogP contribution < -0.4 is 0 Å². The van der Waals surface area contributed by atoms with Crippen LogP contribution in [0.25, 0.3) is 0 Å². The zero-order chi connectivity index (χ0) is 13.3. The fourth-order valence-electron chi connectivity index (χ4n) is 1.84. The molecule has 0 unspecified atom stereocenters. The van der Waals surface area contributed by atoms with Gasteiger partial charge in [0.15, 0.2) is 5.78 Å². The van der Waals surface area contributed by atoms with E-state index in [4.69, 9.17) is 11.6 Å². The normalized spacial score (nSPS) is 10.7. The monoisotopic (exact) mass is 263 g/mol. The first-order valence-electron chi connectivity index (χ1n) is 5.62. The van der Waals surface area contributed by atoms with Gasteiger partial charge in [-0.2, -0.15) is 5.10 Å². The number of hydrogen-bond acceptors (Lipinski definition) is 3. The third-order valence-corrected chi connectivity index (χ3v) is 3.28. The van der Waals surface area contributed by atoms with E-state index in [0.717, 1.165) is 16.8 Å². The van der Waals surface area contributed by atoms with Crippen LogP contribution in [0.15, 0.2) is 18.5 Å². The van der Waals surface area contributed by atoms with E-state index in [9.17, 15) is 4.79 Å². The summed E-state index contributed by atoms with van der Waals surface area (Å²) in [5, 5.41) is 4.71. The molecule has 2 rings (SSSR count). The van der Waals surface area contributed by atoms with Crippen LogP contribution in [0.4, 0.5) is 0 Å². The molecule has 0 N–H and O–H groups in total. The third-order valence-electron chi connectivity index (χ3n) is 2.80. The predicted octanol–water partition coefficient (Wildman–Crippen LogP) is 2.51. The zero-order valence-electron chi connectivity index (χ0n) is 10.6. The molecule has 2 aromatic heterocycles. The van der Waals surface area contributed by atoms with Gasteiger partial charge in [0.25, 0.3) is 0 Å². The van der Waals surface area contributed by atoms with Gasteiger partial charge >= 0.3 is 0 Å². The van der Waals surface area contributed by atoms with Crippen molar-refractivity contribution < 1.29 is 4.79 Å². The number of hydrogen-bond donors (Lipinski definition) is 0. The van der Waals surface area contributed by atoms with Crippen LogP contribution in [-0.4, -0.2) is 20.5 Å². The first kappa shape index (κ1) is 12.8. The quantitative estimate of drug-likeness (QED) is 0.800. The van der Waals surface area contributed by atoms with Crippen molar-refractivity contribution in [2.45, 2.75) is 20.3 Å². The van der Waals surface area contributed by atoms with Crippen LogP contribution in [0, 0.1) is 13.8 Å². The maximum atomic E-state index is 12.1. The van der Waals surface area contributed by atoms with Crippen LogP contribution in [0.3, 0.4) is 0 Å². The number of aryl methyl sites for hydroxylation is 3. The first-order valence-corrected chi connectivity index (χ1v) is 5.99. The highest BCUT2D eigenvalue weighted by atomic mass is 35.5. The molecule has 0 radical (unpaired) electrons. The van der Waals surface area contributed by atoms with Crippen molar-refractivity contribution in [3.63, 3.8) is 0 Å². The molecule has 2 heterocycles. The van der Waals surface area contributed by atoms with E-state index in [-0.39, 0.29) is 12.2 Å². The second-order valence-electron chi connectivity index (χ2n) is 4.33. The molecule has 5 heteroatoms. The Morgan fingerprint density at radius 2 is 2.11 bits per heavy atom. The number of carbonyl (C=O) groups excluding carboxylic acids is 1. The highest BCUT2D eigenvalue weighted by Gasteiger charge is 2.16. The zero-order valence-corrected chi connectivity index (χ0v) is 11.3. The Morgan fingerprint density at radius 3 is 2.67 bits per heavy atom. The van der Waals surface area contributed by atoms with Gasteiger partial charge in [-0.1, -0.05) is 11.6 Å². The van der Waals surface area contributed by atoms with E-state index in [2.05, 4.69) is 10.1 Å². The van der Waals surface area contributed by atoms with E-state index < -0.39 is 0 Å². The molecule has 0 amide bonds. The fraction of sp³-hybridized carbons (Fsp3) is 0.308. The number of aromatic nitrogens is 3. The van der Waals surface area contributed by atoms with Crippen LogP contribution >= 0.6 is 11.6 Å². The van der Waals surface area contributed by atoms with Gasteiger partial charge in [0.05, 0.1) is 5.69 Å². The van der Waals surface area contributed by atoms with Crippen molar-refractivity contribution in [2.75, 3.05) is 0 Å². The van der Waals surface area contributed by atoms with E-state index in [1.165, 1.54) is 0 Å². The van der Waals surface area contributed by atoms with E-state index >= 15 is 0 Å². The summed E-state index contributed by atoms with van der Waals surface area (Å²) in [5.41, 5.74) is 3.14. The van der Waals surface area contributed by atoms with Crippen LogP contribution in [0.5, 0.6) is 0 Å². The SMILES string of the molecule is Cc1cncc(C(=O)Cc2c(C)nn(C)c2Cl)c1. The Balaban J connectivity index is 2.27. The highest BCUT2D eigenvalue weighted by Crippen LogP contribution is 2.20. The molecule has 0 fully saturated rings. The summed E-state index contributed by atoms with van der Waals surface area (Å²) in [6.45, 7) is 3.76. The van der Waals surface area contributed by atoms with Crippen molar-refractivity contribution in [3.05, 3.63) is 46.0 Å². The lowest BCUT2D eigenvalue weighted by molar-refractivity contribution is 0.0992. The molecule has 0 saturated carbocycles. The Labute approximate surface area is 111 Å². The molecule has 0 bridgehead atoms. The van der Waals surface area contributed by atoms with Crippen LogP contribution in [0.2, 0.25) is 5.15 Å². The van der Waals surface area contributed by atoms with Crippen molar-refractivity contribution >= 4 is 17.4 Å². The Bertz CT molecular complexity index is 604. The maximum absolute atomic E-state index is 12.1. The summed E-state index contributed by atoms with van der Waals surface area (Å²) < 4.78 is 1.58. The highest BCUT2D eigenvalue weighted by molar-refractivity contribution is 6.30. The minimum absolute atomic E-state index is 0.00389. The molecule has 0 atom stereocenters. The van der Waals surface area contributed by atoms with Gasteiger partial charge < -0.3 is 0 Å². The molecular formula is C13H14ClN3O. The lowest BCUT2D eigenvalue weighted by Gasteiger charge is -2.02. The molecule has 0 spiro atoms. The van der Waals surface area contributed by atoms with Gasteiger partial charge in [-0.05, 0) is 25.5 Å². The molecule has 94 valence electrons. The summed E-state index contributed by atoms with van der Waals surface area (Å²) in [6.07, 6.45) is 3.55. The number of nitrogens with zero attached hydrogens (tertiary/aromatic N) is 3. The van der Waals surface area contributed by atoms with Crippen LogP contribution in [-0.2, 0) is 13.5 Å². The molecule has 4 nitrogen and oxygen atoms in total. The van der Waals surface area contributed by atoms with Gasteiger partial charge in [-0.3, -0.25) is 14.5 Å². The van der Waals surface area contributed by atoms with Gasteiger partial charge in [0.1, 0.15) is 5.15 Å². The maximum Gasteiger partial charge on any atom is 0.168 e. The number of carbonyl (C=O) groups is 1. The molecule has 18 heavy (non-hydrogen) atoms.